The summed E-state index contributed by atoms with van der Waals surface area (Å²) >= 11 is 0. The smallest absolute Gasteiger partial charge is 0.151 e. The molecule has 1 aromatic carbocycles. The highest BCUT2D eigenvalue weighted by Crippen LogP contribution is 2.07. The zero-order valence-electron chi connectivity index (χ0n) is 9.53. The van der Waals surface area contributed by atoms with Crippen LogP contribution in [0.5, 0.6) is 0 Å². The van der Waals surface area contributed by atoms with Crippen molar-refractivity contribution in [1.29, 1.82) is 0 Å². The van der Waals surface area contributed by atoms with E-state index in [0.717, 1.165) is 5.56 Å². The Bertz CT molecular complexity index is 370. The van der Waals surface area contributed by atoms with E-state index in [1.54, 1.807) is 18.2 Å². The summed E-state index contributed by atoms with van der Waals surface area (Å²) in [4.78, 5) is 10.5. The molecule has 0 amide bonds. The van der Waals surface area contributed by atoms with E-state index in [4.69, 9.17) is 4.74 Å². The van der Waals surface area contributed by atoms with Crippen molar-refractivity contribution in [3.63, 3.8) is 0 Å². The Labute approximate surface area is 101 Å². The number of rotatable bonds is 7. The first-order valence-electron chi connectivity index (χ1n) is 5.36. The highest BCUT2D eigenvalue weighted by atomic mass is 16.5. The molecule has 0 aliphatic rings. The summed E-state index contributed by atoms with van der Waals surface area (Å²) in [5, 5.41) is 9.44. The molecule has 0 heterocycles. The van der Waals surface area contributed by atoms with Crippen molar-refractivity contribution < 1.29 is 14.6 Å². The number of hydrogen-bond donors (Lipinski definition) is 1. The van der Waals surface area contributed by atoms with Crippen LogP contribution in [0.15, 0.2) is 55.1 Å². The molecule has 0 saturated carbocycles. The van der Waals surface area contributed by atoms with Crippen LogP contribution in [0.1, 0.15) is 5.56 Å². The fourth-order valence-corrected chi connectivity index (χ4v) is 1.30. The van der Waals surface area contributed by atoms with Crippen molar-refractivity contribution in [2.24, 2.45) is 0 Å². The van der Waals surface area contributed by atoms with Crippen LogP contribution in [0.4, 0.5) is 0 Å². The normalized spacial score (nSPS) is 14.4. The van der Waals surface area contributed by atoms with Crippen molar-refractivity contribution in [1.82, 2.24) is 0 Å². The Kier molecular flexibility index (Phi) is 5.93. The monoisotopic (exact) mass is 232 g/mol. The Morgan fingerprint density at radius 1 is 1.35 bits per heavy atom. The minimum absolute atomic E-state index is 0.345. The molecule has 0 aromatic heterocycles. The Morgan fingerprint density at radius 2 is 2.06 bits per heavy atom. The lowest BCUT2D eigenvalue weighted by molar-refractivity contribution is -0.121. The molecule has 1 aromatic rings. The summed E-state index contributed by atoms with van der Waals surface area (Å²) in [6.07, 6.45) is 3.47. The fourth-order valence-electron chi connectivity index (χ4n) is 1.30. The van der Waals surface area contributed by atoms with Gasteiger partial charge >= 0.3 is 0 Å². The molecule has 3 heteroatoms. The van der Waals surface area contributed by atoms with E-state index in [1.165, 1.54) is 0 Å². The summed E-state index contributed by atoms with van der Waals surface area (Å²) in [5.74, 6) is 0. The third-order valence-electron chi connectivity index (χ3n) is 2.20. The third kappa shape index (κ3) is 4.76. The van der Waals surface area contributed by atoms with Gasteiger partial charge in [0, 0.05) is 0 Å². The molecule has 0 radical (unpaired) electrons. The number of hydrogen-bond acceptors (Lipinski definition) is 3. The Morgan fingerprint density at radius 3 is 2.65 bits per heavy atom. The molecular formula is C14H16O3. The van der Waals surface area contributed by atoms with Crippen LogP contribution < -0.4 is 0 Å². The quantitative estimate of drug-likeness (QED) is 0.576. The average molecular weight is 232 g/mol. The largest absolute Gasteiger partial charge is 0.383 e. The lowest BCUT2D eigenvalue weighted by Crippen LogP contribution is -2.28. The van der Waals surface area contributed by atoms with Crippen molar-refractivity contribution in [2.75, 3.05) is 0 Å². The topological polar surface area (TPSA) is 46.5 Å². The maximum Gasteiger partial charge on any atom is 0.151 e. The van der Waals surface area contributed by atoms with Gasteiger partial charge in [-0.05, 0) is 5.56 Å². The minimum Gasteiger partial charge on any atom is -0.383 e. The SMILES string of the molecule is C=C/C=C/[C@H](OCc1ccccc1)[C@@H](O)C=O. The van der Waals surface area contributed by atoms with Crippen LogP contribution in [-0.4, -0.2) is 23.6 Å². The number of aliphatic hydroxyl groups is 1. The van der Waals surface area contributed by atoms with Gasteiger partial charge in [-0.2, -0.15) is 0 Å². The van der Waals surface area contributed by atoms with Crippen LogP contribution in [0.25, 0.3) is 0 Å². The molecule has 17 heavy (non-hydrogen) atoms. The molecule has 0 aliphatic carbocycles. The molecule has 2 atom stereocenters. The van der Waals surface area contributed by atoms with Gasteiger partial charge in [-0.1, -0.05) is 55.1 Å². The van der Waals surface area contributed by atoms with E-state index in [0.29, 0.717) is 12.9 Å². The van der Waals surface area contributed by atoms with Crippen molar-refractivity contribution in [2.45, 2.75) is 18.8 Å². The van der Waals surface area contributed by atoms with Gasteiger partial charge in [0.2, 0.25) is 0 Å². The summed E-state index contributed by atoms with van der Waals surface area (Å²) in [5.41, 5.74) is 0.989. The lowest BCUT2D eigenvalue weighted by atomic mass is 10.2. The predicted molar refractivity (Wildman–Crippen MR) is 66.4 cm³/mol. The number of carbonyl (C=O) groups excluding carboxylic acids is 1. The highest BCUT2D eigenvalue weighted by molar-refractivity contribution is 5.57. The molecule has 3 nitrogen and oxygen atoms in total. The van der Waals surface area contributed by atoms with E-state index in [2.05, 4.69) is 6.58 Å². The highest BCUT2D eigenvalue weighted by Gasteiger charge is 2.15. The number of allylic oxidation sites excluding steroid dienone is 2. The van der Waals surface area contributed by atoms with Crippen LogP contribution >= 0.6 is 0 Å². The van der Waals surface area contributed by atoms with Crippen LogP contribution in [0, 0.1) is 0 Å². The maximum atomic E-state index is 10.5. The summed E-state index contributed by atoms with van der Waals surface area (Å²) in [6, 6.07) is 9.56. The van der Waals surface area contributed by atoms with Crippen LogP contribution in [-0.2, 0) is 16.1 Å². The van der Waals surface area contributed by atoms with Gasteiger partial charge in [-0.25, -0.2) is 0 Å². The van der Waals surface area contributed by atoms with Gasteiger partial charge in [0.05, 0.1) is 6.61 Å². The van der Waals surface area contributed by atoms with Gasteiger partial charge in [0.25, 0.3) is 0 Å². The second-order valence-electron chi connectivity index (χ2n) is 3.51. The molecule has 1 N–H and O–H groups in total. The van der Waals surface area contributed by atoms with Gasteiger partial charge in [0.1, 0.15) is 12.2 Å². The summed E-state index contributed by atoms with van der Waals surface area (Å²) < 4.78 is 5.47. The number of ether oxygens (including phenoxy) is 1. The Hall–Kier alpha value is -1.71. The van der Waals surface area contributed by atoms with E-state index in [1.807, 2.05) is 30.3 Å². The molecular weight excluding hydrogens is 216 g/mol. The number of aliphatic hydroxyl groups excluding tert-OH is 1. The van der Waals surface area contributed by atoms with Gasteiger partial charge < -0.3 is 14.6 Å². The van der Waals surface area contributed by atoms with Gasteiger partial charge in [-0.15, -0.1) is 0 Å². The minimum atomic E-state index is -1.16. The van der Waals surface area contributed by atoms with Gasteiger partial charge in [0.15, 0.2) is 6.29 Å². The zero-order valence-corrected chi connectivity index (χ0v) is 9.53. The first kappa shape index (κ1) is 13.4. The van der Waals surface area contributed by atoms with Gasteiger partial charge in [-0.3, -0.25) is 0 Å². The number of carbonyl (C=O) groups is 1. The van der Waals surface area contributed by atoms with E-state index in [-0.39, 0.29) is 0 Å². The third-order valence-corrected chi connectivity index (χ3v) is 2.20. The number of aldehydes is 1. The van der Waals surface area contributed by atoms with Crippen molar-refractivity contribution in [3.05, 3.63) is 60.7 Å². The lowest BCUT2D eigenvalue weighted by Gasteiger charge is -2.16. The number of benzene rings is 1. The zero-order chi connectivity index (χ0) is 12.5. The van der Waals surface area contributed by atoms with Crippen molar-refractivity contribution in [3.8, 4) is 0 Å². The first-order chi connectivity index (χ1) is 8.27. The molecule has 0 aliphatic heterocycles. The molecule has 0 spiro atoms. The molecule has 1 rings (SSSR count). The van der Waals surface area contributed by atoms with E-state index < -0.39 is 12.2 Å². The average Bonchev–Trinajstić information content (AvgIpc) is 2.39. The molecule has 0 fully saturated rings. The molecule has 0 saturated heterocycles. The molecule has 0 bridgehead atoms. The second kappa shape index (κ2) is 7.54. The van der Waals surface area contributed by atoms with Crippen LogP contribution in [0.2, 0.25) is 0 Å². The molecule has 90 valence electrons. The molecule has 0 unspecified atom stereocenters. The van der Waals surface area contributed by atoms with E-state index in [9.17, 15) is 9.90 Å². The Balaban J connectivity index is 2.57. The van der Waals surface area contributed by atoms with E-state index >= 15 is 0 Å². The predicted octanol–water partition coefficient (Wildman–Crippen LogP) is 1.87. The van der Waals surface area contributed by atoms with Crippen LogP contribution in [0.3, 0.4) is 0 Å². The standard InChI is InChI=1S/C14H16O3/c1-2-3-9-14(13(16)10-15)17-11-12-7-5-4-6-8-12/h2-10,13-14,16H,1,11H2/b9-3+/t13-,14-/m0/s1. The fraction of sp³-hybridized carbons (Fsp3) is 0.214. The second-order valence-corrected chi connectivity index (χ2v) is 3.51. The maximum absolute atomic E-state index is 10.5. The summed E-state index contributed by atoms with van der Waals surface area (Å²) in [7, 11) is 0. The first-order valence-corrected chi connectivity index (χ1v) is 5.36. The van der Waals surface area contributed by atoms with Crippen molar-refractivity contribution >= 4 is 6.29 Å². The summed E-state index contributed by atoms with van der Waals surface area (Å²) in [6.45, 7) is 3.87.